The standard InChI is InChI=1S/C10H22N2S/c1-9(13-2)7-12-8-10-3-5-11-6-4-10/h9-12H,3-8H2,1-2H3. The van der Waals surface area contributed by atoms with Crippen molar-refractivity contribution in [3.63, 3.8) is 0 Å². The molecule has 1 rings (SSSR count). The van der Waals surface area contributed by atoms with Gasteiger partial charge in [0.25, 0.3) is 0 Å². The molecule has 1 saturated heterocycles. The molecule has 1 atom stereocenters. The number of nitrogens with one attached hydrogen (secondary N) is 2. The van der Waals surface area contributed by atoms with Crippen LogP contribution >= 0.6 is 11.8 Å². The minimum atomic E-state index is 0.752. The molecule has 0 aromatic carbocycles. The summed E-state index contributed by atoms with van der Waals surface area (Å²) < 4.78 is 0. The summed E-state index contributed by atoms with van der Waals surface area (Å²) in [7, 11) is 0. The maximum atomic E-state index is 3.56. The molecule has 0 aromatic rings. The van der Waals surface area contributed by atoms with Crippen LogP contribution in [0.25, 0.3) is 0 Å². The van der Waals surface area contributed by atoms with Gasteiger partial charge in [0.1, 0.15) is 0 Å². The zero-order valence-corrected chi connectivity index (χ0v) is 9.62. The highest BCUT2D eigenvalue weighted by atomic mass is 32.2. The van der Waals surface area contributed by atoms with Crippen LogP contribution < -0.4 is 10.6 Å². The topological polar surface area (TPSA) is 24.1 Å². The monoisotopic (exact) mass is 202 g/mol. The van der Waals surface area contributed by atoms with E-state index in [0.717, 1.165) is 17.7 Å². The van der Waals surface area contributed by atoms with Crippen molar-refractivity contribution < 1.29 is 0 Å². The Balaban J connectivity index is 1.98. The van der Waals surface area contributed by atoms with Gasteiger partial charge in [-0.2, -0.15) is 11.8 Å². The first-order valence-corrected chi connectivity index (χ1v) is 6.56. The third-order valence-corrected chi connectivity index (χ3v) is 3.70. The van der Waals surface area contributed by atoms with Gasteiger partial charge in [0.2, 0.25) is 0 Å². The van der Waals surface area contributed by atoms with Crippen molar-refractivity contribution in [1.82, 2.24) is 10.6 Å². The van der Waals surface area contributed by atoms with E-state index in [1.54, 1.807) is 0 Å². The molecule has 0 spiro atoms. The van der Waals surface area contributed by atoms with Gasteiger partial charge < -0.3 is 10.6 Å². The molecule has 0 aliphatic carbocycles. The molecule has 13 heavy (non-hydrogen) atoms. The molecular weight excluding hydrogens is 180 g/mol. The molecule has 1 aliphatic heterocycles. The van der Waals surface area contributed by atoms with Gasteiger partial charge in [0.15, 0.2) is 0 Å². The fraction of sp³-hybridized carbons (Fsp3) is 1.00. The zero-order chi connectivity index (χ0) is 9.52. The highest BCUT2D eigenvalue weighted by molar-refractivity contribution is 7.99. The van der Waals surface area contributed by atoms with Gasteiger partial charge in [0.05, 0.1) is 0 Å². The lowest BCUT2D eigenvalue weighted by molar-refractivity contribution is 0.358. The fourth-order valence-corrected chi connectivity index (χ4v) is 1.94. The van der Waals surface area contributed by atoms with Crippen LogP contribution in [0.4, 0.5) is 0 Å². The summed E-state index contributed by atoms with van der Waals surface area (Å²) in [5.41, 5.74) is 0. The lowest BCUT2D eigenvalue weighted by Gasteiger charge is -2.23. The molecule has 1 heterocycles. The van der Waals surface area contributed by atoms with Crippen LogP contribution in [0.5, 0.6) is 0 Å². The van der Waals surface area contributed by atoms with E-state index < -0.39 is 0 Å². The first-order valence-electron chi connectivity index (χ1n) is 5.27. The highest BCUT2D eigenvalue weighted by Crippen LogP contribution is 2.10. The quantitative estimate of drug-likeness (QED) is 0.703. The van der Waals surface area contributed by atoms with Crippen LogP contribution in [0.3, 0.4) is 0 Å². The van der Waals surface area contributed by atoms with E-state index in [1.807, 2.05) is 11.8 Å². The fourth-order valence-electron chi connectivity index (χ4n) is 1.66. The highest BCUT2D eigenvalue weighted by Gasteiger charge is 2.12. The Morgan fingerprint density at radius 3 is 2.77 bits per heavy atom. The first-order chi connectivity index (χ1) is 6.33. The Morgan fingerprint density at radius 2 is 2.15 bits per heavy atom. The molecule has 3 heteroatoms. The average molecular weight is 202 g/mol. The van der Waals surface area contributed by atoms with Crippen LogP contribution in [0.1, 0.15) is 19.8 Å². The third kappa shape index (κ3) is 4.89. The molecular formula is C10H22N2S. The maximum Gasteiger partial charge on any atom is 0.0141 e. The second-order valence-corrected chi connectivity index (χ2v) is 5.17. The number of piperidine rings is 1. The second kappa shape index (κ2) is 6.68. The molecule has 2 N–H and O–H groups in total. The zero-order valence-electron chi connectivity index (χ0n) is 8.81. The van der Waals surface area contributed by atoms with Gasteiger partial charge in [-0.1, -0.05) is 6.92 Å². The smallest absolute Gasteiger partial charge is 0.0141 e. The van der Waals surface area contributed by atoms with Crippen molar-refractivity contribution in [2.24, 2.45) is 5.92 Å². The Kier molecular flexibility index (Phi) is 5.83. The minimum Gasteiger partial charge on any atom is -0.317 e. The lowest BCUT2D eigenvalue weighted by Crippen LogP contribution is -2.35. The number of hydrogen-bond donors (Lipinski definition) is 2. The third-order valence-electron chi connectivity index (χ3n) is 2.73. The van der Waals surface area contributed by atoms with E-state index in [0.29, 0.717) is 0 Å². The second-order valence-electron chi connectivity index (χ2n) is 3.90. The van der Waals surface area contributed by atoms with Crippen molar-refractivity contribution in [1.29, 1.82) is 0 Å². The van der Waals surface area contributed by atoms with E-state index in [2.05, 4.69) is 23.8 Å². The van der Waals surface area contributed by atoms with Crippen LogP contribution in [0.2, 0.25) is 0 Å². The van der Waals surface area contributed by atoms with Gasteiger partial charge in [0, 0.05) is 11.8 Å². The molecule has 0 amide bonds. The number of hydrogen-bond acceptors (Lipinski definition) is 3. The summed E-state index contributed by atoms with van der Waals surface area (Å²) in [4.78, 5) is 0. The molecule has 1 aliphatic rings. The summed E-state index contributed by atoms with van der Waals surface area (Å²) in [5.74, 6) is 0.912. The SMILES string of the molecule is CSC(C)CNCC1CCNCC1. The summed E-state index contributed by atoms with van der Waals surface area (Å²) in [6, 6.07) is 0. The Labute approximate surface area is 86.2 Å². The van der Waals surface area contributed by atoms with Gasteiger partial charge in [-0.25, -0.2) is 0 Å². The summed E-state index contributed by atoms with van der Waals surface area (Å²) >= 11 is 1.94. The van der Waals surface area contributed by atoms with E-state index in [1.165, 1.54) is 32.5 Å². The maximum absolute atomic E-state index is 3.56. The summed E-state index contributed by atoms with van der Waals surface area (Å²) in [6.07, 6.45) is 4.87. The predicted octanol–water partition coefficient (Wildman–Crippen LogP) is 1.33. The van der Waals surface area contributed by atoms with Crippen molar-refractivity contribution in [2.45, 2.75) is 25.0 Å². The molecule has 2 nitrogen and oxygen atoms in total. The lowest BCUT2D eigenvalue weighted by atomic mass is 9.98. The minimum absolute atomic E-state index is 0.752. The predicted molar refractivity (Wildman–Crippen MR) is 61.4 cm³/mol. The number of rotatable bonds is 5. The normalized spacial score (nSPS) is 21.7. The van der Waals surface area contributed by atoms with E-state index in [4.69, 9.17) is 0 Å². The molecule has 78 valence electrons. The molecule has 1 unspecified atom stereocenters. The molecule has 0 saturated carbocycles. The van der Waals surface area contributed by atoms with Gasteiger partial charge in [-0.05, 0) is 44.6 Å². The van der Waals surface area contributed by atoms with Crippen LogP contribution in [-0.4, -0.2) is 37.7 Å². The van der Waals surface area contributed by atoms with Crippen molar-refractivity contribution in [3.8, 4) is 0 Å². The van der Waals surface area contributed by atoms with Crippen molar-refractivity contribution in [2.75, 3.05) is 32.4 Å². The van der Waals surface area contributed by atoms with Gasteiger partial charge in [-0.3, -0.25) is 0 Å². The Bertz CT molecular complexity index is 124. The molecule has 0 radical (unpaired) electrons. The van der Waals surface area contributed by atoms with E-state index in [-0.39, 0.29) is 0 Å². The van der Waals surface area contributed by atoms with Crippen LogP contribution in [0, 0.1) is 5.92 Å². The van der Waals surface area contributed by atoms with Gasteiger partial charge >= 0.3 is 0 Å². The first kappa shape index (κ1) is 11.3. The summed E-state index contributed by atoms with van der Waals surface area (Å²) in [6.45, 7) is 7.08. The van der Waals surface area contributed by atoms with E-state index >= 15 is 0 Å². The molecule has 0 bridgehead atoms. The van der Waals surface area contributed by atoms with Gasteiger partial charge in [-0.15, -0.1) is 0 Å². The van der Waals surface area contributed by atoms with Crippen molar-refractivity contribution >= 4 is 11.8 Å². The van der Waals surface area contributed by atoms with Crippen molar-refractivity contribution in [3.05, 3.63) is 0 Å². The molecule has 0 aromatic heterocycles. The number of thioether (sulfide) groups is 1. The Morgan fingerprint density at radius 1 is 1.46 bits per heavy atom. The van der Waals surface area contributed by atoms with Crippen LogP contribution in [-0.2, 0) is 0 Å². The molecule has 1 fully saturated rings. The van der Waals surface area contributed by atoms with E-state index in [9.17, 15) is 0 Å². The summed E-state index contributed by atoms with van der Waals surface area (Å²) in [5, 5.41) is 7.70. The Hall–Kier alpha value is 0.270. The van der Waals surface area contributed by atoms with Crippen LogP contribution in [0.15, 0.2) is 0 Å². The largest absolute Gasteiger partial charge is 0.317 e. The average Bonchev–Trinajstić information content (AvgIpc) is 2.19.